The lowest BCUT2D eigenvalue weighted by molar-refractivity contribution is 0.628. The minimum absolute atomic E-state index is 0. The summed E-state index contributed by atoms with van der Waals surface area (Å²) in [5.41, 5.74) is 11.1. The Hall–Kier alpha value is -1.38. The number of nitrogens with two attached hydrogens (primary N) is 1. The highest BCUT2D eigenvalue weighted by Crippen LogP contribution is 2.55. The lowest BCUT2D eigenvalue weighted by Gasteiger charge is -2.08. The minimum Gasteiger partial charge on any atom is -0.327 e. The van der Waals surface area contributed by atoms with Gasteiger partial charge in [0.2, 0.25) is 0 Å². The highest BCUT2D eigenvalue weighted by molar-refractivity contribution is 5.85. The maximum absolute atomic E-state index is 12.9. The van der Waals surface area contributed by atoms with Crippen molar-refractivity contribution < 1.29 is 4.39 Å². The number of hydrogen-bond donors (Lipinski definition) is 1. The zero-order chi connectivity index (χ0) is 12.3. The molecule has 0 unspecified atom stereocenters. The number of hydrogen-bond acceptors (Lipinski definition) is 1. The monoisotopic (exact) mass is 275 g/mol. The fraction of sp³-hybridized carbons (Fsp3) is 0.250. The summed E-state index contributed by atoms with van der Waals surface area (Å²) in [6.07, 6.45) is 1.11. The number of rotatable bonds is 1. The van der Waals surface area contributed by atoms with Crippen molar-refractivity contribution in [1.82, 2.24) is 0 Å². The summed E-state index contributed by atoms with van der Waals surface area (Å²) in [6.45, 7) is 0. The molecule has 0 bridgehead atoms. The van der Waals surface area contributed by atoms with E-state index in [9.17, 15) is 4.39 Å². The van der Waals surface area contributed by atoms with Crippen LogP contribution in [-0.2, 0) is 6.42 Å². The van der Waals surface area contributed by atoms with Gasteiger partial charge in [-0.3, -0.25) is 0 Å². The maximum atomic E-state index is 12.9. The molecule has 2 N–H and O–H groups in total. The molecule has 19 heavy (non-hydrogen) atoms. The smallest absolute Gasteiger partial charge is 0.123 e. The summed E-state index contributed by atoms with van der Waals surface area (Å²) >= 11 is 0. The second kappa shape index (κ2) is 4.32. The van der Waals surface area contributed by atoms with E-state index >= 15 is 0 Å². The standard InChI is InChI=1S/C16H14FN.ClH/c17-12-4-1-9(2-5-12)10-3-6-13-11(7-10)8-14-15(13)16(14)18;/h1-7,14-16H,8,18H2;1H/t14-,15+,16-;/m0./s1. The van der Waals surface area contributed by atoms with Crippen LogP contribution in [0.2, 0.25) is 0 Å². The Balaban J connectivity index is 0.00000110. The first-order chi connectivity index (χ1) is 8.74. The van der Waals surface area contributed by atoms with E-state index in [0.29, 0.717) is 17.9 Å². The third-order valence-electron chi connectivity index (χ3n) is 4.36. The van der Waals surface area contributed by atoms with Crippen LogP contribution in [0.25, 0.3) is 11.1 Å². The Morgan fingerprint density at radius 3 is 2.42 bits per heavy atom. The molecule has 1 nitrogen and oxygen atoms in total. The molecule has 2 aromatic rings. The predicted molar refractivity (Wildman–Crippen MR) is 77.0 cm³/mol. The molecule has 2 aliphatic carbocycles. The quantitative estimate of drug-likeness (QED) is 0.847. The van der Waals surface area contributed by atoms with Gasteiger partial charge in [0, 0.05) is 12.0 Å². The fourth-order valence-electron chi connectivity index (χ4n) is 3.29. The first kappa shape index (κ1) is 12.6. The van der Waals surface area contributed by atoms with Gasteiger partial charge >= 0.3 is 0 Å². The van der Waals surface area contributed by atoms with Gasteiger partial charge in [-0.2, -0.15) is 0 Å². The van der Waals surface area contributed by atoms with E-state index in [1.807, 2.05) is 12.1 Å². The summed E-state index contributed by atoms with van der Waals surface area (Å²) in [6, 6.07) is 13.6. The van der Waals surface area contributed by atoms with Crippen molar-refractivity contribution in [3.05, 3.63) is 59.4 Å². The van der Waals surface area contributed by atoms with Crippen LogP contribution < -0.4 is 5.73 Å². The zero-order valence-corrected chi connectivity index (χ0v) is 11.2. The van der Waals surface area contributed by atoms with Crippen molar-refractivity contribution in [2.75, 3.05) is 0 Å². The average molecular weight is 276 g/mol. The van der Waals surface area contributed by atoms with Gasteiger partial charge in [0.1, 0.15) is 5.82 Å². The normalized spacial score (nSPS) is 26.3. The summed E-state index contributed by atoms with van der Waals surface area (Å²) in [5.74, 6) is 1.08. The Morgan fingerprint density at radius 2 is 1.68 bits per heavy atom. The summed E-state index contributed by atoms with van der Waals surface area (Å²) in [5, 5.41) is 0. The van der Waals surface area contributed by atoms with E-state index in [2.05, 4.69) is 18.2 Å². The zero-order valence-electron chi connectivity index (χ0n) is 10.3. The van der Waals surface area contributed by atoms with E-state index in [-0.39, 0.29) is 18.2 Å². The SMILES string of the molecule is Cl.N[C@H]1[C@H]2Cc3cc(-c4ccc(F)cc4)ccc3[C@@H]12. The van der Waals surface area contributed by atoms with Gasteiger partial charge in [0.25, 0.3) is 0 Å². The van der Waals surface area contributed by atoms with Gasteiger partial charge in [0.05, 0.1) is 0 Å². The number of benzene rings is 2. The molecule has 1 saturated carbocycles. The Bertz CT molecular complexity index is 623. The minimum atomic E-state index is -0.188. The third-order valence-corrected chi connectivity index (χ3v) is 4.36. The lowest BCUT2D eigenvalue weighted by atomic mass is 9.98. The molecule has 0 aromatic heterocycles. The summed E-state index contributed by atoms with van der Waals surface area (Å²) in [7, 11) is 0. The molecule has 4 rings (SSSR count). The maximum Gasteiger partial charge on any atom is 0.123 e. The van der Waals surface area contributed by atoms with Crippen LogP contribution in [0.4, 0.5) is 4.39 Å². The summed E-state index contributed by atoms with van der Waals surface area (Å²) < 4.78 is 12.9. The molecule has 0 aliphatic heterocycles. The van der Waals surface area contributed by atoms with Crippen LogP contribution in [0.15, 0.2) is 42.5 Å². The van der Waals surface area contributed by atoms with Gasteiger partial charge in [-0.1, -0.05) is 30.3 Å². The first-order valence-corrected chi connectivity index (χ1v) is 6.38. The highest BCUT2D eigenvalue weighted by atomic mass is 35.5. The Kier molecular flexibility index (Phi) is 2.88. The second-order valence-corrected chi connectivity index (χ2v) is 5.39. The molecular weight excluding hydrogens is 261 g/mol. The van der Waals surface area contributed by atoms with E-state index in [1.54, 1.807) is 0 Å². The van der Waals surface area contributed by atoms with Gasteiger partial charge in [-0.05, 0) is 46.7 Å². The molecular formula is C16H15ClFN. The van der Waals surface area contributed by atoms with Crippen LogP contribution in [-0.4, -0.2) is 6.04 Å². The molecule has 98 valence electrons. The highest BCUT2D eigenvalue weighted by Gasteiger charge is 2.53. The molecule has 0 saturated heterocycles. The molecule has 2 aliphatic rings. The Labute approximate surface area is 118 Å². The predicted octanol–water partition coefficient (Wildman–Crippen LogP) is 3.51. The molecule has 0 radical (unpaired) electrons. The molecule has 0 heterocycles. The van der Waals surface area contributed by atoms with Crippen molar-refractivity contribution in [2.45, 2.75) is 18.4 Å². The average Bonchev–Trinajstić information content (AvgIpc) is 2.86. The molecule has 1 fully saturated rings. The fourth-order valence-corrected chi connectivity index (χ4v) is 3.29. The van der Waals surface area contributed by atoms with E-state index in [0.717, 1.165) is 12.0 Å². The molecule has 0 spiro atoms. The number of halogens is 2. The van der Waals surface area contributed by atoms with Crippen molar-refractivity contribution in [3.63, 3.8) is 0 Å². The molecule has 2 aromatic carbocycles. The van der Waals surface area contributed by atoms with E-state index in [4.69, 9.17) is 5.73 Å². The summed E-state index contributed by atoms with van der Waals surface area (Å²) in [4.78, 5) is 0. The third kappa shape index (κ3) is 1.87. The van der Waals surface area contributed by atoms with Crippen LogP contribution in [0.5, 0.6) is 0 Å². The molecule has 3 heteroatoms. The van der Waals surface area contributed by atoms with Crippen molar-refractivity contribution >= 4 is 12.4 Å². The van der Waals surface area contributed by atoms with Crippen LogP contribution in [0, 0.1) is 11.7 Å². The molecule has 0 amide bonds. The van der Waals surface area contributed by atoms with Crippen molar-refractivity contribution in [2.24, 2.45) is 11.7 Å². The number of fused-ring (bicyclic) bond motifs is 3. The topological polar surface area (TPSA) is 26.0 Å². The Morgan fingerprint density at radius 1 is 1.00 bits per heavy atom. The van der Waals surface area contributed by atoms with Crippen LogP contribution in [0.1, 0.15) is 17.0 Å². The van der Waals surface area contributed by atoms with Crippen LogP contribution in [0.3, 0.4) is 0 Å². The van der Waals surface area contributed by atoms with Gasteiger partial charge in [0.15, 0.2) is 0 Å². The van der Waals surface area contributed by atoms with Crippen LogP contribution >= 0.6 is 12.4 Å². The van der Waals surface area contributed by atoms with Crippen molar-refractivity contribution in [1.29, 1.82) is 0 Å². The lowest BCUT2D eigenvalue weighted by Crippen LogP contribution is -2.08. The first-order valence-electron chi connectivity index (χ1n) is 6.38. The second-order valence-electron chi connectivity index (χ2n) is 5.39. The van der Waals surface area contributed by atoms with Gasteiger partial charge < -0.3 is 5.73 Å². The van der Waals surface area contributed by atoms with Crippen molar-refractivity contribution in [3.8, 4) is 11.1 Å². The van der Waals surface area contributed by atoms with Gasteiger partial charge in [-0.25, -0.2) is 4.39 Å². The molecule has 3 atom stereocenters. The van der Waals surface area contributed by atoms with Gasteiger partial charge in [-0.15, -0.1) is 12.4 Å². The van der Waals surface area contributed by atoms with E-state index in [1.165, 1.54) is 28.8 Å². The van der Waals surface area contributed by atoms with E-state index < -0.39 is 0 Å². The largest absolute Gasteiger partial charge is 0.327 e.